The Morgan fingerprint density at radius 2 is 2.40 bits per heavy atom. The molecule has 10 heavy (non-hydrogen) atoms. The molecule has 0 aliphatic heterocycles. The molecule has 0 spiro atoms. The molecule has 1 rings (SSSR count). The second kappa shape index (κ2) is 3.01. The third-order valence-electron chi connectivity index (χ3n) is 1.76. The number of carbonyl (C=O) groups is 1. The number of hydrogen-bond donors (Lipinski definition) is 1. The first-order chi connectivity index (χ1) is 4.70. The lowest BCUT2D eigenvalue weighted by Crippen LogP contribution is -2.16. The molecular formula is C7H12O3. The minimum atomic E-state index is -0.882. The van der Waals surface area contributed by atoms with E-state index in [-0.39, 0.29) is 12.7 Å². The molecule has 1 unspecified atom stereocenters. The standard InChI is InChI=1S/C7H12O3/c1-5(6-2-3-6)10-4-7(8)9/h5-6H,2-4H2,1H3,(H,8,9). The Labute approximate surface area is 60.0 Å². The van der Waals surface area contributed by atoms with Gasteiger partial charge in [0.05, 0.1) is 6.10 Å². The highest BCUT2D eigenvalue weighted by atomic mass is 16.5. The summed E-state index contributed by atoms with van der Waals surface area (Å²) in [6, 6.07) is 0. The van der Waals surface area contributed by atoms with E-state index >= 15 is 0 Å². The molecule has 0 saturated heterocycles. The number of carboxylic acid groups (broad SMARTS) is 1. The van der Waals surface area contributed by atoms with Gasteiger partial charge in [-0.2, -0.15) is 0 Å². The van der Waals surface area contributed by atoms with Crippen molar-refractivity contribution >= 4 is 5.97 Å². The van der Waals surface area contributed by atoms with Gasteiger partial charge in [-0.1, -0.05) is 0 Å². The van der Waals surface area contributed by atoms with Crippen LogP contribution in [-0.2, 0) is 9.53 Å². The SMILES string of the molecule is CC(OCC(=O)O)C1CC1. The van der Waals surface area contributed by atoms with Crippen molar-refractivity contribution in [2.45, 2.75) is 25.9 Å². The maximum absolute atomic E-state index is 10.0. The van der Waals surface area contributed by atoms with Gasteiger partial charge in [-0.3, -0.25) is 0 Å². The molecule has 0 aromatic rings. The van der Waals surface area contributed by atoms with E-state index in [9.17, 15) is 4.79 Å². The largest absolute Gasteiger partial charge is 0.480 e. The summed E-state index contributed by atoms with van der Waals surface area (Å²) in [5, 5.41) is 8.24. The van der Waals surface area contributed by atoms with Crippen molar-refractivity contribution in [3.63, 3.8) is 0 Å². The van der Waals surface area contributed by atoms with Crippen LogP contribution in [-0.4, -0.2) is 23.8 Å². The van der Waals surface area contributed by atoms with Gasteiger partial charge < -0.3 is 9.84 Å². The van der Waals surface area contributed by atoms with E-state index in [2.05, 4.69) is 0 Å². The molecule has 58 valence electrons. The fourth-order valence-electron chi connectivity index (χ4n) is 0.904. The summed E-state index contributed by atoms with van der Waals surface area (Å²) in [7, 11) is 0. The predicted octanol–water partition coefficient (Wildman–Crippen LogP) is 0.886. The first-order valence-corrected chi connectivity index (χ1v) is 3.53. The lowest BCUT2D eigenvalue weighted by atomic mass is 10.3. The number of carboxylic acids is 1. The van der Waals surface area contributed by atoms with Crippen molar-refractivity contribution in [2.75, 3.05) is 6.61 Å². The summed E-state index contributed by atoms with van der Waals surface area (Å²) in [5.74, 6) is -0.258. The van der Waals surface area contributed by atoms with Crippen molar-refractivity contribution in [2.24, 2.45) is 5.92 Å². The van der Waals surface area contributed by atoms with Crippen LogP contribution >= 0.6 is 0 Å². The van der Waals surface area contributed by atoms with Crippen molar-refractivity contribution in [1.29, 1.82) is 0 Å². The van der Waals surface area contributed by atoms with Gasteiger partial charge in [0.1, 0.15) is 6.61 Å². The molecule has 0 radical (unpaired) electrons. The Balaban J connectivity index is 2.05. The van der Waals surface area contributed by atoms with E-state index in [0.29, 0.717) is 5.92 Å². The third kappa shape index (κ3) is 2.35. The molecule has 0 amide bonds. The highest BCUT2D eigenvalue weighted by Crippen LogP contribution is 2.33. The van der Waals surface area contributed by atoms with Gasteiger partial charge in [0.15, 0.2) is 0 Å². The number of hydrogen-bond acceptors (Lipinski definition) is 2. The van der Waals surface area contributed by atoms with Crippen LogP contribution in [0, 0.1) is 5.92 Å². The number of ether oxygens (including phenoxy) is 1. The summed E-state index contributed by atoms with van der Waals surface area (Å²) in [6.45, 7) is 1.78. The number of rotatable bonds is 4. The molecule has 3 nitrogen and oxygen atoms in total. The summed E-state index contributed by atoms with van der Waals surface area (Å²) in [5.41, 5.74) is 0. The smallest absolute Gasteiger partial charge is 0.329 e. The molecule has 0 heterocycles. The molecule has 1 saturated carbocycles. The second-order valence-corrected chi connectivity index (χ2v) is 2.75. The fraction of sp³-hybridized carbons (Fsp3) is 0.857. The van der Waals surface area contributed by atoms with E-state index in [0.717, 1.165) is 0 Å². The van der Waals surface area contributed by atoms with E-state index < -0.39 is 5.97 Å². The van der Waals surface area contributed by atoms with Crippen molar-refractivity contribution in [3.8, 4) is 0 Å². The zero-order chi connectivity index (χ0) is 7.56. The Bertz CT molecular complexity index is 129. The predicted molar refractivity (Wildman–Crippen MR) is 35.8 cm³/mol. The van der Waals surface area contributed by atoms with Gasteiger partial charge in [-0.15, -0.1) is 0 Å². The fourth-order valence-corrected chi connectivity index (χ4v) is 0.904. The molecule has 0 bridgehead atoms. The van der Waals surface area contributed by atoms with E-state index in [1.807, 2.05) is 6.92 Å². The Morgan fingerprint density at radius 3 is 2.80 bits per heavy atom. The first kappa shape index (κ1) is 7.54. The maximum atomic E-state index is 10.0. The molecule has 1 aliphatic carbocycles. The number of aliphatic carboxylic acids is 1. The quantitative estimate of drug-likeness (QED) is 0.637. The summed E-state index contributed by atoms with van der Waals surface area (Å²) in [6.07, 6.45) is 2.53. The molecule has 0 aromatic carbocycles. The van der Waals surface area contributed by atoms with Crippen LogP contribution < -0.4 is 0 Å². The molecule has 3 heteroatoms. The first-order valence-electron chi connectivity index (χ1n) is 3.53. The van der Waals surface area contributed by atoms with Crippen LogP contribution in [0.3, 0.4) is 0 Å². The van der Waals surface area contributed by atoms with Crippen LogP contribution in [0.25, 0.3) is 0 Å². The molecule has 1 atom stereocenters. The Morgan fingerprint density at radius 1 is 1.80 bits per heavy atom. The van der Waals surface area contributed by atoms with Crippen LogP contribution in [0.1, 0.15) is 19.8 Å². The molecule has 1 N–H and O–H groups in total. The average molecular weight is 144 g/mol. The zero-order valence-corrected chi connectivity index (χ0v) is 6.04. The lowest BCUT2D eigenvalue weighted by Gasteiger charge is -2.08. The van der Waals surface area contributed by atoms with Gasteiger partial charge in [-0.05, 0) is 25.7 Å². The topological polar surface area (TPSA) is 46.5 Å². The minimum Gasteiger partial charge on any atom is -0.480 e. The second-order valence-electron chi connectivity index (χ2n) is 2.75. The van der Waals surface area contributed by atoms with Crippen LogP contribution in [0.4, 0.5) is 0 Å². The van der Waals surface area contributed by atoms with Crippen molar-refractivity contribution in [1.82, 2.24) is 0 Å². The summed E-state index contributed by atoms with van der Waals surface area (Å²) in [4.78, 5) is 10.0. The van der Waals surface area contributed by atoms with Gasteiger partial charge in [-0.25, -0.2) is 4.79 Å². The van der Waals surface area contributed by atoms with Gasteiger partial charge >= 0.3 is 5.97 Å². The normalized spacial score (nSPS) is 20.5. The van der Waals surface area contributed by atoms with E-state index in [1.165, 1.54) is 12.8 Å². The minimum absolute atomic E-state index is 0.135. The van der Waals surface area contributed by atoms with Crippen LogP contribution in [0.5, 0.6) is 0 Å². The van der Waals surface area contributed by atoms with E-state index in [4.69, 9.17) is 9.84 Å². The van der Waals surface area contributed by atoms with Gasteiger partial charge in [0.25, 0.3) is 0 Å². The molecular weight excluding hydrogens is 132 g/mol. The summed E-state index contributed by atoms with van der Waals surface area (Å²) >= 11 is 0. The van der Waals surface area contributed by atoms with Crippen molar-refractivity contribution < 1.29 is 14.6 Å². The highest BCUT2D eigenvalue weighted by molar-refractivity contribution is 5.68. The molecule has 0 aromatic heterocycles. The van der Waals surface area contributed by atoms with Crippen LogP contribution in [0.15, 0.2) is 0 Å². The van der Waals surface area contributed by atoms with Gasteiger partial charge in [0, 0.05) is 0 Å². The Kier molecular flexibility index (Phi) is 2.27. The molecule has 1 aliphatic rings. The Hall–Kier alpha value is -0.570. The van der Waals surface area contributed by atoms with E-state index in [1.54, 1.807) is 0 Å². The third-order valence-corrected chi connectivity index (χ3v) is 1.76. The van der Waals surface area contributed by atoms with Crippen LogP contribution in [0.2, 0.25) is 0 Å². The molecule has 1 fully saturated rings. The van der Waals surface area contributed by atoms with Crippen molar-refractivity contribution in [3.05, 3.63) is 0 Å². The van der Waals surface area contributed by atoms with Gasteiger partial charge in [0.2, 0.25) is 0 Å². The maximum Gasteiger partial charge on any atom is 0.329 e. The summed E-state index contributed by atoms with van der Waals surface area (Å²) < 4.78 is 5.03. The highest BCUT2D eigenvalue weighted by Gasteiger charge is 2.28. The lowest BCUT2D eigenvalue weighted by molar-refractivity contribution is -0.144. The monoisotopic (exact) mass is 144 g/mol. The zero-order valence-electron chi connectivity index (χ0n) is 6.04. The average Bonchev–Trinajstić information content (AvgIpc) is 2.63.